The molecule has 29 heavy (non-hydrogen) atoms. The first-order valence-electron chi connectivity index (χ1n) is 8.64. The van der Waals surface area contributed by atoms with Crippen LogP contribution < -0.4 is 5.32 Å². The third-order valence-electron chi connectivity index (χ3n) is 4.23. The number of benzene rings is 1. The summed E-state index contributed by atoms with van der Waals surface area (Å²) in [6, 6.07) is 4.87. The van der Waals surface area contributed by atoms with Gasteiger partial charge in [0.05, 0.1) is 23.4 Å². The van der Waals surface area contributed by atoms with Crippen LogP contribution in [-0.2, 0) is 11.3 Å². The van der Waals surface area contributed by atoms with Gasteiger partial charge in [0.2, 0.25) is 5.95 Å². The van der Waals surface area contributed by atoms with Gasteiger partial charge in [-0.2, -0.15) is 4.68 Å². The molecule has 0 saturated carbocycles. The summed E-state index contributed by atoms with van der Waals surface area (Å²) in [5.74, 6) is -1.27. The molecule has 1 atom stereocenters. The molecule has 1 amide bonds. The number of halogens is 2. The summed E-state index contributed by atoms with van der Waals surface area (Å²) < 4.78 is 16.5. The molecule has 1 N–H and O–H groups in total. The van der Waals surface area contributed by atoms with Gasteiger partial charge in [-0.25, -0.2) is 14.1 Å². The van der Waals surface area contributed by atoms with Gasteiger partial charge in [0, 0.05) is 10.6 Å². The number of carbonyl (C=O) groups excluding carboxylic acids is 1. The molecular formula is C17H17ClFN7O3. The molecule has 10 nitrogen and oxygen atoms in total. The van der Waals surface area contributed by atoms with Crippen LogP contribution in [-0.4, -0.2) is 35.4 Å². The fourth-order valence-electron chi connectivity index (χ4n) is 2.81. The molecule has 12 heteroatoms. The Labute approximate surface area is 169 Å². The maximum atomic E-state index is 13.9. The number of hydrogen-bond acceptors (Lipinski definition) is 6. The molecule has 0 aliphatic heterocycles. The summed E-state index contributed by atoms with van der Waals surface area (Å²) in [4.78, 5) is 26.9. The van der Waals surface area contributed by atoms with Crippen molar-refractivity contribution in [2.45, 2.75) is 32.9 Å². The zero-order valence-electron chi connectivity index (χ0n) is 15.5. The van der Waals surface area contributed by atoms with Gasteiger partial charge in [0.25, 0.3) is 5.91 Å². The lowest BCUT2D eigenvalue weighted by molar-refractivity contribution is -0.389. The normalized spacial score (nSPS) is 12.0. The highest BCUT2D eigenvalue weighted by Crippen LogP contribution is 2.21. The van der Waals surface area contributed by atoms with Crippen molar-refractivity contribution in [1.82, 2.24) is 24.5 Å². The minimum Gasteiger partial charge on any atom is -0.358 e. The molecule has 0 radical (unpaired) electrons. The Hall–Kier alpha value is -3.34. The smallest absolute Gasteiger partial charge is 0.358 e. The molecule has 1 aromatic carbocycles. The zero-order chi connectivity index (χ0) is 21.1. The second kappa shape index (κ2) is 8.35. The molecule has 0 aliphatic carbocycles. The minimum atomic E-state index is -0.781. The molecule has 3 rings (SSSR count). The van der Waals surface area contributed by atoms with E-state index < -0.39 is 22.7 Å². The van der Waals surface area contributed by atoms with E-state index in [9.17, 15) is 19.3 Å². The summed E-state index contributed by atoms with van der Waals surface area (Å²) >= 11 is 6.01. The topological polar surface area (TPSA) is 121 Å². The predicted molar refractivity (Wildman–Crippen MR) is 102 cm³/mol. The average molecular weight is 422 g/mol. The number of nitrogens with zero attached hydrogens (tertiary/aromatic N) is 6. The fourth-order valence-corrected chi connectivity index (χ4v) is 3.03. The summed E-state index contributed by atoms with van der Waals surface area (Å²) in [6.45, 7) is 3.42. The lowest BCUT2D eigenvalue weighted by atomic mass is 10.2. The average Bonchev–Trinajstić information content (AvgIpc) is 3.26. The van der Waals surface area contributed by atoms with E-state index in [1.807, 2.05) is 0 Å². The minimum absolute atomic E-state index is 0.0141. The van der Waals surface area contributed by atoms with Crippen LogP contribution in [0.25, 0.3) is 0 Å². The van der Waals surface area contributed by atoms with Crippen molar-refractivity contribution in [1.29, 1.82) is 0 Å². The van der Waals surface area contributed by atoms with Crippen LogP contribution in [0.2, 0.25) is 5.02 Å². The first-order chi connectivity index (χ1) is 13.8. The summed E-state index contributed by atoms with van der Waals surface area (Å²) in [6.07, 6.45) is 1.68. The number of anilines is 1. The molecular weight excluding hydrogens is 405 g/mol. The number of aromatic nitrogens is 5. The number of nitro groups is 1. The first-order valence-corrected chi connectivity index (χ1v) is 9.01. The van der Waals surface area contributed by atoms with E-state index >= 15 is 0 Å². The van der Waals surface area contributed by atoms with Crippen LogP contribution in [0.15, 0.2) is 30.6 Å². The molecule has 0 fully saturated rings. The van der Waals surface area contributed by atoms with Crippen LogP contribution in [0.3, 0.4) is 0 Å². The number of rotatable bonds is 7. The highest BCUT2D eigenvalue weighted by atomic mass is 35.5. The van der Waals surface area contributed by atoms with Crippen LogP contribution in [0.5, 0.6) is 0 Å². The molecule has 2 heterocycles. The van der Waals surface area contributed by atoms with E-state index in [4.69, 9.17) is 11.6 Å². The Kier molecular flexibility index (Phi) is 5.87. The van der Waals surface area contributed by atoms with Gasteiger partial charge in [-0.05, 0) is 30.4 Å². The van der Waals surface area contributed by atoms with E-state index in [1.54, 1.807) is 19.9 Å². The Bertz CT molecular complexity index is 1040. The van der Waals surface area contributed by atoms with Crippen LogP contribution >= 0.6 is 11.6 Å². The quantitative estimate of drug-likeness (QED) is 0.462. The maximum Gasteiger partial charge on any atom is 0.390 e. The third-order valence-corrected chi connectivity index (χ3v) is 4.59. The van der Waals surface area contributed by atoms with Crippen molar-refractivity contribution in [3.05, 3.63) is 62.8 Å². The highest BCUT2D eigenvalue weighted by molar-refractivity contribution is 6.31. The summed E-state index contributed by atoms with van der Waals surface area (Å²) in [5.41, 5.74) is 0.731. The molecule has 0 saturated heterocycles. The van der Waals surface area contributed by atoms with E-state index in [1.165, 1.54) is 33.9 Å². The van der Waals surface area contributed by atoms with E-state index in [2.05, 4.69) is 20.5 Å². The summed E-state index contributed by atoms with van der Waals surface area (Å²) in [5, 5.41) is 21.7. The van der Waals surface area contributed by atoms with Gasteiger partial charge in [0.15, 0.2) is 6.04 Å². The van der Waals surface area contributed by atoms with Gasteiger partial charge < -0.3 is 10.1 Å². The molecule has 2 aromatic heterocycles. The molecule has 152 valence electrons. The van der Waals surface area contributed by atoms with Gasteiger partial charge in [-0.1, -0.05) is 24.6 Å². The van der Waals surface area contributed by atoms with Gasteiger partial charge in [0.1, 0.15) is 12.1 Å². The molecule has 3 aromatic rings. The Morgan fingerprint density at radius 3 is 2.79 bits per heavy atom. The number of amides is 1. The molecule has 0 bridgehead atoms. The summed E-state index contributed by atoms with van der Waals surface area (Å²) in [7, 11) is 0. The number of carbonyl (C=O) groups is 1. The van der Waals surface area contributed by atoms with Gasteiger partial charge in [-0.15, -0.1) is 5.10 Å². The van der Waals surface area contributed by atoms with Gasteiger partial charge >= 0.3 is 5.82 Å². The van der Waals surface area contributed by atoms with Crippen molar-refractivity contribution in [2.75, 3.05) is 5.32 Å². The van der Waals surface area contributed by atoms with Crippen molar-refractivity contribution in [3.63, 3.8) is 0 Å². The standard InChI is InChI=1S/C17H17ClFN7O3/c1-3-14(25-10(2)7-15(22-25)26(28)29)16(27)21-17-20-9-24(23-17)8-11-12(18)5-4-6-13(11)19/h4-7,9,14H,3,8H2,1-2H3,(H,21,23,27). The maximum absolute atomic E-state index is 13.9. The largest absolute Gasteiger partial charge is 0.390 e. The van der Waals surface area contributed by atoms with Crippen molar-refractivity contribution in [2.24, 2.45) is 0 Å². The number of hydrogen-bond donors (Lipinski definition) is 1. The van der Waals surface area contributed by atoms with Crippen LogP contribution in [0, 0.1) is 22.9 Å². The number of aryl methyl sites for hydroxylation is 1. The Morgan fingerprint density at radius 1 is 1.41 bits per heavy atom. The van der Waals surface area contributed by atoms with Crippen molar-refractivity contribution in [3.8, 4) is 0 Å². The van der Waals surface area contributed by atoms with E-state index in [0.717, 1.165) is 0 Å². The van der Waals surface area contributed by atoms with Crippen molar-refractivity contribution >= 4 is 29.3 Å². The molecule has 0 aliphatic rings. The van der Waals surface area contributed by atoms with Crippen LogP contribution in [0.4, 0.5) is 16.2 Å². The van der Waals surface area contributed by atoms with E-state index in [-0.39, 0.29) is 28.9 Å². The highest BCUT2D eigenvalue weighted by Gasteiger charge is 2.27. The second-order valence-electron chi connectivity index (χ2n) is 6.22. The lowest BCUT2D eigenvalue weighted by Crippen LogP contribution is -2.27. The zero-order valence-corrected chi connectivity index (χ0v) is 16.3. The number of nitrogens with one attached hydrogen (secondary N) is 1. The molecule has 0 spiro atoms. The van der Waals surface area contributed by atoms with E-state index in [0.29, 0.717) is 12.1 Å². The third kappa shape index (κ3) is 4.40. The Balaban J connectivity index is 1.74. The second-order valence-corrected chi connectivity index (χ2v) is 6.63. The van der Waals surface area contributed by atoms with Crippen molar-refractivity contribution < 1.29 is 14.1 Å². The van der Waals surface area contributed by atoms with Crippen LogP contribution in [0.1, 0.15) is 30.6 Å². The first kappa shape index (κ1) is 20.4. The monoisotopic (exact) mass is 421 g/mol. The fraction of sp³-hybridized carbons (Fsp3) is 0.294. The predicted octanol–water partition coefficient (Wildman–Crippen LogP) is 3.12. The Morgan fingerprint density at radius 2 is 2.17 bits per heavy atom. The van der Waals surface area contributed by atoms with Gasteiger partial charge in [-0.3, -0.25) is 10.1 Å². The lowest BCUT2D eigenvalue weighted by Gasteiger charge is -2.12. The SMILES string of the molecule is CCC(C(=O)Nc1ncn(Cc2c(F)cccc2Cl)n1)n1nc([N+](=O)[O-])cc1C. The molecule has 1 unspecified atom stereocenters.